The zero-order valence-corrected chi connectivity index (χ0v) is 21.1. The van der Waals surface area contributed by atoms with Gasteiger partial charge in [0.1, 0.15) is 5.78 Å². The Morgan fingerprint density at radius 2 is 1.38 bits per heavy atom. The third-order valence-electron chi connectivity index (χ3n) is 7.49. The molecule has 0 aromatic rings. The molecule has 0 radical (unpaired) electrons. The summed E-state index contributed by atoms with van der Waals surface area (Å²) in [6, 6.07) is 0.798. The van der Waals surface area contributed by atoms with Crippen LogP contribution in [0.4, 0.5) is 0 Å². The third kappa shape index (κ3) is 7.35. The van der Waals surface area contributed by atoms with Gasteiger partial charge < -0.3 is 14.9 Å². The number of nitrogens with zero attached hydrogens (tertiary/aromatic N) is 3. The molecule has 7 nitrogen and oxygen atoms in total. The Morgan fingerprint density at radius 3 is 1.88 bits per heavy atom. The fourth-order valence-corrected chi connectivity index (χ4v) is 4.74. The number of piperidine rings is 1. The molecule has 2 aliphatic heterocycles. The number of rotatable bonds is 10. The van der Waals surface area contributed by atoms with Crippen molar-refractivity contribution in [1.82, 2.24) is 14.7 Å². The third-order valence-corrected chi connectivity index (χ3v) is 7.49. The highest BCUT2D eigenvalue weighted by Crippen LogP contribution is 2.29. The Bertz CT molecular complexity index is 648. The SMILES string of the molecule is CC(C)C(=O)C(=O)N1CCN(C(C)CCC(C)C(=O)CC2(O)CCN(C(C)C)CC2)CC1. The van der Waals surface area contributed by atoms with Crippen molar-refractivity contribution in [3.8, 4) is 0 Å². The van der Waals surface area contributed by atoms with Crippen molar-refractivity contribution in [3.05, 3.63) is 0 Å². The van der Waals surface area contributed by atoms with Gasteiger partial charge in [-0.2, -0.15) is 0 Å². The van der Waals surface area contributed by atoms with E-state index in [9.17, 15) is 19.5 Å². The summed E-state index contributed by atoms with van der Waals surface area (Å²) in [5, 5.41) is 10.9. The highest BCUT2D eigenvalue weighted by Gasteiger charge is 2.36. The number of aliphatic hydroxyl groups is 1. The summed E-state index contributed by atoms with van der Waals surface area (Å²) in [5.41, 5.74) is -0.849. The van der Waals surface area contributed by atoms with Crippen molar-refractivity contribution < 1.29 is 19.5 Å². The molecular weight excluding hydrogens is 406 g/mol. The van der Waals surface area contributed by atoms with E-state index >= 15 is 0 Å². The maximum atomic E-state index is 12.8. The zero-order valence-electron chi connectivity index (χ0n) is 21.1. The van der Waals surface area contributed by atoms with Gasteiger partial charge in [-0.1, -0.05) is 20.8 Å². The second-order valence-electron chi connectivity index (χ2n) is 10.7. The Morgan fingerprint density at radius 1 is 0.812 bits per heavy atom. The molecule has 2 unspecified atom stereocenters. The Kier molecular flexibility index (Phi) is 9.85. The zero-order chi connectivity index (χ0) is 24.1. The molecule has 1 amide bonds. The molecule has 32 heavy (non-hydrogen) atoms. The maximum absolute atomic E-state index is 12.8. The largest absolute Gasteiger partial charge is 0.389 e. The number of likely N-dealkylation sites (tertiary alicyclic amines) is 1. The first-order chi connectivity index (χ1) is 14.9. The van der Waals surface area contributed by atoms with Crippen LogP contribution in [0.5, 0.6) is 0 Å². The van der Waals surface area contributed by atoms with E-state index in [-0.39, 0.29) is 35.7 Å². The quantitative estimate of drug-likeness (QED) is 0.514. The average Bonchev–Trinajstić information content (AvgIpc) is 2.76. The van der Waals surface area contributed by atoms with Crippen LogP contribution in [-0.2, 0) is 14.4 Å². The van der Waals surface area contributed by atoms with Gasteiger partial charge in [0.2, 0.25) is 5.78 Å². The van der Waals surface area contributed by atoms with Crippen molar-refractivity contribution in [2.24, 2.45) is 11.8 Å². The van der Waals surface area contributed by atoms with Gasteiger partial charge >= 0.3 is 0 Å². The first-order valence-corrected chi connectivity index (χ1v) is 12.5. The lowest BCUT2D eigenvalue weighted by Gasteiger charge is -2.40. The van der Waals surface area contributed by atoms with E-state index in [4.69, 9.17) is 0 Å². The molecular formula is C25H45N3O4. The fourth-order valence-electron chi connectivity index (χ4n) is 4.74. The van der Waals surface area contributed by atoms with Crippen LogP contribution in [0.2, 0.25) is 0 Å². The number of ketones is 2. The number of carbonyl (C=O) groups excluding carboxylic acids is 3. The van der Waals surface area contributed by atoms with Crippen molar-refractivity contribution in [2.45, 2.75) is 91.3 Å². The normalized spacial score (nSPS) is 22.2. The van der Waals surface area contributed by atoms with Crippen molar-refractivity contribution in [3.63, 3.8) is 0 Å². The van der Waals surface area contributed by atoms with Crippen LogP contribution in [0, 0.1) is 11.8 Å². The Hall–Kier alpha value is -1.31. The van der Waals surface area contributed by atoms with E-state index in [1.54, 1.807) is 18.7 Å². The van der Waals surface area contributed by atoms with E-state index in [0.29, 0.717) is 38.0 Å². The minimum absolute atomic E-state index is 0.0591. The lowest BCUT2D eigenvalue weighted by Crippen LogP contribution is -2.53. The summed E-state index contributed by atoms with van der Waals surface area (Å²) in [5.74, 6) is -0.824. The molecule has 0 aliphatic carbocycles. The minimum Gasteiger partial charge on any atom is -0.389 e. The highest BCUT2D eigenvalue weighted by atomic mass is 16.3. The molecule has 2 fully saturated rings. The number of carbonyl (C=O) groups is 3. The molecule has 0 aromatic heterocycles. The lowest BCUT2D eigenvalue weighted by molar-refractivity contribution is -0.147. The smallest absolute Gasteiger partial charge is 0.290 e. The Labute approximate surface area is 194 Å². The van der Waals surface area contributed by atoms with Gasteiger partial charge in [0.25, 0.3) is 5.91 Å². The van der Waals surface area contributed by atoms with E-state index in [2.05, 4.69) is 30.6 Å². The van der Waals surface area contributed by atoms with Crippen LogP contribution < -0.4 is 0 Å². The predicted molar refractivity (Wildman–Crippen MR) is 126 cm³/mol. The summed E-state index contributed by atoms with van der Waals surface area (Å²) in [4.78, 5) is 43.4. The molecule has 0 saturated carbocycles. The van der Waals surface area contributed by atoms with E-state index in [1.807, 2.05) is 6.92 Å². The van der Waals surface area contributed by atoms with Crippen molar-refractivity contribution >= 4 is 17.5 Å². The summed E-state index contributed by atoms with van der Waals surface area (Å²) < 4.78 is 0. The second-order valence-corrected chi connectivity index (χ2v) is 10.7. The molecule has 2 heterocycles. The van der Waals surface area contributed by atoms with Gasteiger partial charge in [-0.25, -0.2) is 0 Å². The summed E-state index contributed by atoms with van der Waals surface area (Å²) in [6.07, 6.45) is 3.31. The molecule has 1 N–H and O–H groups in total. The number of hydrogen-bond acceptors (Lipinski definition) is 6. The fraction of sp³-hybridized carbons (Fsp3) is 0.880. The molecule has 2 aliphatic rings. The molecule has 184 valence electrons. The van der Waals surface area contributed by atoms with E-state index < -0.39 is 5.60 Å². The molecule has 2 atom stereocenters. The lowest BCUT2D eigenvalue weighted by atomic mass is 9.82. The van der Waals surface area contributed by atoms with Gasteiger partial charge in [0, 0.05) is 69.6 Å². The van der Waals surface area contributed by atoms with Gasteiger partial charge in [-0.05, 0) is 46.5 Å². The Balaban J connectivity index is 1.72. The van der Waals surface area contributed by atoms with Gasteiger partial charge in [0.05, 0.1) is 5.60 Å². The number of Topliss-reactive ketones (excluding diaryl/α,β-unsaturated/α-hetero) is 2. The van der Waals surface area contributed by atoms with Crippen molar-refractivity contribution in [1.29, 1.82) is 0 Å². The topological polar surface area (TPSA) is 81.2 Å². The minimum atomic E-state index is -0.849. The summed E-state index contributed by atoms with van der Waals surface area (Å²) in [7, 11) is 0. The van der Waals surface area contributed by atoms with Crippen LogP contribution >= 0.6 is 0 Å². The van der Waals surface area contributed by atoms with Crippen LogP contribution in [0.15, 0.2) is 0 Å². The van der Waals surface area contributed by atoms with Crippen molar-refractivity contribution in [2.75, 3.05) is 39.3 Å². The van der Waals surface area contributed by atoms with Gasteiger partial charge in [-0.3, -0.25) is 19.3 Å². The first kappa shape index (κ1) is 26.9. The molecule has 7 heteroatoms. The predicted octanol–water partition coefficient (Wildman–Crippen LogP) is 2.36. The second kappa shape index (κ2) is 11.7. The van der Waals surface area contributed by atoms with Gasteiger partial charge in [0.15, 0.2) is 0 Å². The highest BCUT2D eigenvalue weighted by molar-refractivity contribution is 6.36. The molecule has 2 saturated heterocycles. The molecule has 0 spiro atoms. The van der Waals surface area contributed by atoms with E-state index in [0.717, 1.165) is 39.0 Å². The first-order valence-electron chi connectivity index (χ1n) is 12.5. The molecule has 2 rings (SSSR count). The molecule has 0 aromatic carbocycles. The summed E-state index contributed by atoms with van der Waals surface area (Å²) >= 11 is 0. The van der Waals surface area contributed by atoms with Crippen LogP contribution in [0.3, 0.4) is 0 Å². The van der Waals surface area contributed by atoms with Crippen LogP contribution in [0.1, 0.15) is 73.6 Å². The number of amides is 1. The van der Waals surface area contributed by atoms with E-state index in [1.165, 1.54) is 0 Å². The monoisotopic (exact) mass is 451 g/mol. The average molecular weight is 452 g/mol. The van der Waals surface area contributed by atoms with Crippen LogP contribution in [0.25, 0.3) is 0 Å². The number of hydrogen-bond donors (Lipinski definition) is 1. The summed E-state index contributed by atoms with van der Waals surface area (Å²) in [6.45, 7) is 16.4. The maximum Gasteiger partial charge on any atom is 0.290 e. The van der Waals surface area contributed by atoms with Crippen LogP contribution in [-0.4, -0.2) is 94.2 Å². The molecule has 0 bridgehead atoms. The number of piperazine rings is 1. The van der Waals surface area contributed by atoms with Gasteiger partial charge in [-0.15, -0.1) is 0 Å². The standard InChI is InChI=1S/C25H45N3O4/c1-18(2)23(30)24(31)28-15-13-27(14-16-28)21(6)8-7-20(5)22(29)17-25(32)9-11-26(12-10-25)19(3)4/h18-21,32H,7-17H2,1-6H3.